The zero-order chi connectivity index (χ0) is 21.5. The van der Waals surface area contributed by atoms with Crippen molar-refractivity contribution in [1.29, 1.82) is 0 Å². The van der Waals surface area contributed by atoms with Gasteiger partial charge in [-0.2, -0.15) is 5.10 Å². The Kier molecular flexibility index (Phi) is 4.55. The normalized spacial score (nSPS) is 12.4. The van der Waals surface area contributed by atoms with Crippen LogP contribution in [0.15, 0.2) is 47.5 Å². The van der Waals surface area contributed by atoms with Crippen molar-refractivity contribution < 1.29 is 13.9 Å². The lowest BCUT2D eigenvalue weighted by molar-refractivity contribution is 0.195. The number of H-pyrrole nitrogens is 1. The minimum atomic E-state index is -0.670. The smallest absolute Gasteiger partial charge is 0.413 e. The molecule has 5 rings (SSSR count). The summed E-state index contributed by atoms with van der Waals surface area (Å²) in [5, 5.41) is 8.72. The average Bonchev–Trinajstić information content (AvgIpc) is 3.48. The van der Waals surface area contributed by atoms with Crippen molar-refractivity contribution in [2.24, 2.45) is 7.05 Å². The van der Waals surface area contributed by atoms with Crippen molar-refractivity contribution in [2.45, 2.75) is 13.0 Å². The summed E-state index contributed by atoms with van der Waals surface area (Å²) in [6, 6.07) is 5.06. The SMILES string of the molecule is CC(NC(=O)Oc1c[nH]c2ncc(-c3nn(C)c4cc(Cl)ccc34)nc12)c1ncco1. The molecule has 0 aliphatic carbocycles. The van der Waals surface area contributed by atoms with Crippen LogP contribution in [-0.4, -0.2) is 35.8 Å². The number of aromatic amines is 1. The molecule has 1 unspecified atom stereocenters. The van der Waals surface area contributed by atoms with Crippen molar-refractivity contribution in [3.63, 3.8) is 0 Å². The number of hydrogen-bond donors (Lipinski definition) is 2. The molecule has 0 bridgehead atoms. The molecule has 0 aliphatic heterocycles. The number of hydrogen-bond acceptors (Lipinski definition) is 7. The fraction of sp³-hybridized carbons (Fsp3) is 0.150. The number of nitrogens with zero attached hydrogens (tertiary/aromatic N) is 5. The summed E-state index contributed by atoms with van der Waals surface area (Å²) in [7, 11) is 1.83. The summed E-state index contributed by atoms with van der Waals surface area (Å²) in [5.74, 6) is 0.616. The molecule has 1 atom stereocenters. The highest BCUT2D eigenvalue weighted by molar-refractivity contribution is 6.31. The van der Waals surface area contributed by atoms with E-state index in [1.165, 1.54) is 18.7 Å². The first-order chi connectivity index (χ1) is 15.0. The molecule has 156 valence electrons. The molecule has 4 aromatic heterocycles. The Labute approximate surface area is 180 Å². The molecule has 0 aliphatic rings. The van der Waals surface area contributed by atoms with Crippen molar-refractivity contribution in [2.75, 3.05) is 0 Å². The molecule has 0 saturated carbocycles. The quantitative estimate of drug-likeness (QED) is 0.435. The summed E-state index contributed by atoms with van der Waals surface area (Å²) in [6.45, 7) is 1.73. The van der Waals surface area contributed by atoms with Crippen molar-refractivity contribution >= 4 is 39.8 Å². The van der Waals surface area contributed by atoms with E-state index in [0.29, 0.717) is 33.5 Å². The Morgan fingerprint density at radius 1 is 1.35 bits per heavy atom. The van der Waals surface area contributed by atoms with E-state index in [4.69, 9.17) is 20.8 Å². The van der Waals surface area contributed by atoms with Gasteiger partial charge in [-0.05, 0) is 25.1 Å². The minimum absolute atomic E-state index is 0.240. The van der Waals surface area contributed by atoms with E-state index < -0.39 is 12.1 Å². The predicted octanol–water partition coefficient (Wildman–Crippen LogP) is 4.00. The standard InChI is InChI=1S/C20H16ClN7O3/c1-10(19-22-5-6-30-19)25-20(29)31-15-9-24-18-17(15)26-13(8-23-18)16-12-4-3-11(21)7-14(12)28(2)27-16/h3-10H,1-2H3,(H,23,24)(H,25,29). The number of amides is 1. The van der Waals surface area contributed by atoms with E-state index in [0.717, 1.165) is 10.9 Å². The molecule has 31 heavy (non-hydrogen) atoms. The lowest BCUT2D eigenvalue weighted by Crippen LogP contribution is -2.29. The van der Waals surface area contributed by atoms with Gasteiger partial charge in [0.25, 0.3) is 0 Å². The fourth-order valence-corrected chi connectivity index (χ4v) is 3.46. The van der Waals surface area contributed by atoms with E-state index in [-0.39, 0.29) is 5.75 Å². The molecular weight excluding hydrogens is 422 g/mol. The second-order valence-electron chi connectivity index (χ2n) is 6.86. The van der Waals surface area contributed by atoms with Gasteiger partial charge in [0.05, 0.1) is 17.9 Å². The highest BCUT2D eigenvalue weighted by Crippen LogP contribution is 2.30. The number of rotatable bonds is 4. The molecule has 11 heteroatoms. The molecular formula is C20H16ClN7O3. The van der Waals surface area contributed by atoms with Gasteiger partial charge in [0.1, 0.15) is 23.7 Å². The van der Waals surface area contributed by atoms with Gasteiger partial charge in [0, 0.05) is 23.7 Å². The van der Waals surface area contributed by atoms with Gasteiger partial charge in [-0.15, -0.1) is 0 Å². The van der Waals surface area contributed by atoms with Gasteiger partial charge < -0.3 is 19.5 Å². The number of fused-ring (bicyclic) bond motifs is 2. The first-order valence-electron chi connectivity index (χ1n) is 9.34. The highest BCUT2D eigenvalue weighted by atomic mass is 35.5. The third-order valence-electron chi connectivity index (χ3n) is 4.76. The second kappa shape index (κ2) is 7.40. The number of halogens is 1. The van der Waals surface area contributed by atoms with Crippen LogP contribution in [0.1, 0.15) is 18.9 Å². The van der Waals surface area contributed by atoms with Crippen LogP contribution in [0.2, 0.25) is 5.02 Å². The van der Waals surface area contributed by atoms with Crippen molar-refractivity contribution in [1.82, 2.24) is 35.0 Å². The Balaban J connectivity index is 1.46. The van der Waals surface area contributed by atoms with E-state index >= 15 is 0 Å². The Hall–Kier alpha value is -3.92. The zero-order valence-corrected chi connectivity index (χ0v) is 17.2. The monoisotopic (exact) mass is 437 g/mol. The van der Waals surface area contributed by atoms with E-state index in [1.807, 2.05) is 19.2 Å². The molecule has 0 saturated heterocycles. The number of nitrogens with one attached hydrogen (secondary N) is 2. The predicted molar refractivity (Wildman–Crippen MR) is 113 cm³/mol. The number of oxazole rings is 1. The Morgan fingerprint density at radius 2 is 2.23 bits per heavy atom. The number of benzene rings is 1. The molecule has 5 aromatic rings. The molecule has 0 spiro atoms. The zero-order valence-electron chi connectivity index (χ0n) is 16.5. The largest absolute Gasteiger partial charge is 0.447 e. The lowest BCUT2D eigenvalue weighted by atomic mass is 10.2. The lowest BCUT2D eigenvalue weighted by Gasteiger charge is -2.10. The van der Waals surface area contributed by atoms with Crippen molar-refractivity contribution in [3.05, 3.63) is 54.0 Å². The third kappa shape index (κ3) is 3.46. The molecule has 10 nitrogen and oxygen atoms in total. The molecule has 1 aromatic carbocycles. The highest BCUT2D eigenvalue weighted by Gasteiger charge is 2.19. The first-order valence-corrected chi connectivity index (χ1v) is 9.72. The summed E-state index contributed by atoms with van der Waals surface area (Å²) in [6.07, 6.45) is 5.41. The van der Waals surface area contributed by atoms with E-state index in [2.05, 4.69) is 30.4 Å². The third-order valence-corrected chi connectivity index (χ3v) is 5.00. The van der Waals surface area contributed by atoms with Crippen molar-refractivity contribution in [3.8, 4) is 17.1 Å². The van der Waals surface area contributed by atoms with Crippen LogP contribution in [0.4, 0.5) is 4.79 Å². The van der Waals surface area contributed by atoms with Crippen LogP contribution in [0.3, 0.4) is 0 Å². The maximum absolute atomic E-state index is 12.3. The molecule has 0 radical (unpaired) electrons. The maximum atomic E-state index is 12.3. The Bertz CT molecular complexity index is 1410. The molecule has 2 N–H and O–H groups in total. The second-order valence-corrected chi connectivity index (χ2v) is 7.30. The Morgan fingerprint density at radius 3 is 3.03 bits per heavy atom. The summed E-state index contributed by atoms with van der Waals surface area (Å²) < 4.78 is 12.4. The summed E-state index contributed by atoms with van der Waals surface area (Å²) in [4.78, 5) is 28.3. The van der Waals surface area contributed by atoms with Crippen LogP contribution >= 0.6 is 11.6 Å². The summed E-state index contributed by atoms with van der Waals surface area (Å²) in [5.41, 5.74) is 2.95. The van der Waals surface area contributed by atoms with Crippen LogP contribution in [0.5, 0.6) is 5.75 Å². The number of ether oxygens (including phenoxy) is 1. The maximum Gasteiger partial charge on any atom is 0.413 e. The number of aromatic nitrogens is 6. The molecule has 4 heterocycles. The van der Waals surface area contributed by atoms with Gasteiger partial charge in [-0.3, -0.25) is 4.68 Å². The average molecular weight is 438 g/mol. The molecule has 1 amide bonds. The van der Waals surface area contributed by atoms with Gasteiger partial charge >= 0.3 is 6.09 Å². The fourth-order valence-electron chi connectivity index (χ4n) is 3.30. The van der Waals surface area contributed by atoms with E-state index in [1.54, 1.807) is 23.9 Å². The van der Waals surface area contributed by atoms with Gasteiger partial charge in [0.15, 0.2) is 16.9 Å². The van der Waals surface area contributed by atoms with Gasteiger partial charge in [0.2, 0.25) is 5.89 Å². The number of carbonyl (C=O) groups excluding carboxylic acids is 1. The van der Waals surface area contributed by atoms with Crippen LogP contribution in [0.25, 0.3) is 33.5 Å². The summed E-state index contributed by atoms with van der Waals surface area (Å²) >= 11 is 6.11. The number of aryl methyl sites for hydroxylation is 1. The van der Waals surface area contributed by atoms with Gasteiger partial charge in [-0.1, -0.05) is 11.6 Å². The topological polar surface area (TPSA) is 124 Å². The van der Waals surface area contributed by atoms with Gasteiger partial charge in [-0.25, -0.2) is 19.7 Å². The van der Waals surface area contributed by atoms with Crippen LogP contribution in [-0.2, 0) is 7.05 Å². The minimum Gasteiger partial charge on any atom is -0.447 e. The number of carbonyl (C=O) groups is 1. The van der Waals surface area contributed by atoms with Crippen LogP contribution < -0.4 is 10.1 Å². The first kappa shape index (κ1) is 19.1. The molecule has 0 fully saturated rings. The van der Waals surface area contributed by atoms with E-state index in [9.17, 15) is 4.79 Å². The van der Waals surface area contributed by atoms with Crippen LogP contribution in [0, 0.1) is 0 Å².